The summed E-state index contributed by atoms with van der Waals surface area (Å²) in [5.41, 5.74) is 1.40. The van der Waals surface area contributed by atoms with Crippen LogP contribution in [0.5, 0.6) is 5.75 Å². The minimum absolute atomic E-state index is 0.241. The van der Waals surface area contributed by atoms with Crippen molar-refractivity contribution in [2.45, 2.75) is 6.92 Å². The average Bonchev–Trinajstić information content (AvgIpc) is 2.45. The highest BCUT2D eigenvalue weighted by atomic mass is 32.1. The molecule has 0 aliphatic heterocycles. The normalized spacial score (nSPS) is 10.7. The monoisotopic (exact) mass is 212 g/mol. The van der Waals surface area contributed by atoms with Crippen molar-refractivity contribution in [2.75, 3.05) is 6.61 Å². The number of aromatic nitrogens is 2. The smallest absolute Gasteiger partial charge is 0.175 e. The number of nitrogens with one attached hydrogen (secondary N) is 2. The van der Waals surface area contributed by atoms with Crippen LogP contribution in [0.4, 0.5) is 4.39 Å². The minimum atomic E-state index is -0.385. The fourth-order valence-corrected chi connectivity index (χ4v) is 1.52. The Bertz CT molecular complexity index is 517. The summed E-state index contributed by atoms with van der Waals surface area (Å²) < 4.78 is 18.9. The number of benzene rings is 1. The number of rotatable bonds is 2. The first-order valence-corrected chi connectivity index (χ1v) is 4.66. The van der Waals surface area contributed by atoms with Crippen LogP contribution in [-0.2, 0) is 0 Å². The summed E-state index contributed by atoms with van der Waals surface area (Å²) in [4.78, 5) is 5.73. The van der Waals surface area contributed by atoms with Crippen LogP contribution in [-0.4, -0.2) is 16.6 Å². The molecule has 0 atom stereocenters. The zero-order valence-corrected chi connectivity index (χ0v) is 8.37. The summed E-state index contributed by atoms with van der Waals surface area (Å²) in [6.07, 6.45) is 0. The van der Waals surface area contributed by atoms with Crippen LogP contribution in [0, 0.1) is 10.6 Å². The van der Waals surface area contributed by atoms with Crippen molar-refractivity contribution in [2.24, 2.45) is 0 Å². The first-order valence-electron chi connectivity index (χ1n) is 4.25. The highest BCUT2D eigenvalue weighted by molar-refractivity contribution is 7.71. The molecule has 0 amide bonds. The highest BCUT2D eigenvalue weighted by Gasteiger charge is 2.06. The van der Waals surface area contributed by atoms with E-state index in [2.05, 4.69) is 9.97 Å². The van der Waals surface area contributed by atoms with Crippen molar-refractivity contribution in [3.05, 3.63) is 22.7 Å². The molecule has 0 unspecified atom stereocenters. The van der Waals surface area contributed by atoms with E-state index in [1.54, 1.807) is 6.07 Å². The molecule has 5 heteroatoms. The molecule has 0 bridgehead atoms. The van der Waals surface area contributed by atoms with Gasteiger partial charge in [0, 0.05) is 12.1 Å². The molecule has 0 aliphatic carbocycles. The van der Waals surface area contributed by atoms with Crippen LogP contribution in [0.15, 0.2) is 12.1 Å². The molecule has 2 rings (SSSR count). The van der Waals surface area contributed by atoms with Gasteiger partial charge in [-0.15, -0.1) is 0 Å². The maximum Gasteiger partial charge on any atom is 0.175 e. The number of H-pyrrole nitrogens is 2. The number of imidazole rings is 1. The standard InChI is InChI=1S/C9H9FN2OS/c1-2-13-8-4-7-6(3-5(8)10)11-9(14)12-7/h3-4H,2H2,1H3,(H2,11,12,14). The molecule has 74 valence electrons. The summed E-state index contributed by atoms with van der Waals surface area (Å²) >= 11 is 4.89. The quantitative estimate of drug-likeness (QED) is 0.751. The fourth-order valence-electron chi connectivity index (χ4n) is 1.30. The maximum atomic E-state index is 13.3. The lowest BCUT2D eigenvalue weighted by atomic mass is 10.3. The molecule has 0 saturated heterocycles. The van der Waals surface area contributed by atoms with E-state index in [0.717, 1.165) is 5.52 Å². The molecule has 2 N–H and O–H groups in total. The predicted molar refractivity (Wildman–Crippen MR) is 54.6 cm³/mol. The summed E-state index contributed by atoms with van der Waals surface area (Å²) in [7, 11) is 0. The second-order valence-corrected chi connectivity index (χ2v) is 3.25. The Kier molecular flexibility index (Phi) is 2.25. The Labute approximate surface area is 84.9 Å². The Balaban J connectivity index is 2.63. The summed E-state index contributed by atoms with van der Waals surface area (Å²) in [6, 6.07) is 2.97. The lowest BCUT2D eigenvalue weighted by Gasteiger charge is -2.03. The minimum Gasteiger partial charge on any atom is -0.491 e. The zero-order valence-electron chi connectivity index (χ0n) is 7.56. The summed E-state index contributed by atoms with van der Waals surface area (Å²) in [5, 5.41) is 0. The van der Waals surface area contributed by atoms with Gasteiger partial charge < -0.3 is 14.7 Å². The van der Waals surface area contributed by atoms with Crippen molar-refractivity contribution in [3.8, 4) is 5.75 Å². The SMILES string of the molecule is CCOc1cc2[nH]c(=S)[nH]c2cc1F. The van der Waals surface area contributed by atoms with E-state index >= 15 is 0 Å². The fraction of sp³-hybridized carbons (Fsp3) is 0.222. The first kappa shape index (κ1) is 9.21. The summed E-state index contributed by atoms with van der Waals surface area (Å²) in [6.45, 7) is 2.25. The number of hydrogen-bond donors (Lipinski definition) is 2. The number of ether oxygens (including phenoxy) is 1. The van der Waals surface area contributed by atoms with Gasteiger partial charge in [0.05, 0.1) is 17.6 Å². The Morgan fingerprint density at radius 3 is 2.64 bits per heavy atom. The molecule has 1 aromatic heterocycles. The van der Waals surface area contributed by atoms with Gasteiger partial charge >= 0.3 is 0 Å². The van der Waals surface area contributed by atoms with Gasteiger partial charge in [-0.25, -0.2) is 4.39 Å². The molecular weight excluding hydrogens is 203 g/mol. The van der Waals surface area contributed by atoms with Crippen LogP contribution >= 0.6 is 12.2 Å². The second kappa shape index (κ2) is 3.42. The third-order valence-electron chi connectivity index (χ3n) is 1.87. The van der Waals surface area contributed by atoms with Gasteiger partial charge in [0.1, 0.15) is 0 Å². The van der Waals surface area contributed by atoms with E-state index in [9.17, 15) is 4.39 Å². The molecule has 0 spiro atoms. The van der Waals surface area contributed by atoms with Gasteiger partial charge in [-0.1, -0.05) is 0 Å². The van der Waals surface area contributed by atoms with Gasteiger partial charge in [0.2, 0.25) is 0 Å². The highest BCUT2D eigenvalue weighted by Crippen LogP contribution is 2.22. The largest absolute Gasteiger partial charge is 0.491 e. The number of fused-ring (bicyclic) bond motifs is 1. The van der Waals surface area contributed by atoms with E-state index < -0.39 is 0 Å². The molecule has 14 heavy (non-hydrogen) atoms. The van der Waals surface area contributed by atoms with Crippen molar-refractivity contribution >= 4 is 23.3 Å². The van der Waals surface area contributed by atoms with Crippen LogP contribution < -0.4 is 4.74 Å². The lowest BCUT2D eigenvalue weighted by Crippen LogP contribution is -1.94. The van der Waals surface area contributed by atoms with E-state index in [0.29, 0.717) is 16.9 Å². The van der Waals surface area contributed by atoms with Crippen molar-refractivity contribution < 1.29 is 9.13 Å². The van der Waals surface area contributed by atoms with Crippen LogP contribution in [0.25, 0.3) is 11.0 Å². The third kappa shape index (κ3) is 1.50. The molecule has 2 aromatic rings. The number of aromatic amines is 2. The molecule has 0 aliphatic rings. The Hall–Kier alpha value is -1.36. The molecular formula is C9H9FN2OS. The van der Waals surface area contributed by atoms with Crippen LogP contribution in [0.3, 0.4) is 0 Å². The molecule has 0 radical (unpaired) electrons. The van der Waals surface area contributed by atoms with Crippen LogP contribution in [0.1, 0.15) is 6.92 Å². The lowest BCUT2D eigenvalue weighted by molar-refractivity contribution is 0.322. The van der Waals surface area contributed by atoms with E-state index in [1.165, 1.54) is 6.07 Å². The van der Waals surface area contributed by atoms with Gasteiger partial charge in [0.25, 0.3) is 0 Å². The molecule has 0 saturated carbocycles. The Morgan fingerprint density at radius 1 is 1.36 bits per heavy atom. The Morgan fingerprint density at radius 2 is 2.00 bits per heavy atom. The van der Waals surface area contributed by atoms with Crippen molar-refractivity contribution in [3.63, 3.8) is 0 Å². The van der Waals surface area contributed by atoms with Crippen LogP contribution in [0.2, 0.25) is 0 Å². The molecule has 3 nitrogen and oxygen atoms in total. The number of hydrogen-bond acceptors (Lipinski definition) is 2. The van der Waals surface area contributed by atoms with Gasteiger partial charge in [-0.05, 0) is 19.1 Å². The van der Waals surface area contributed by atoms with E-state index in [-0.39, 0.29) is 11.6 Å². The average molecular weight is 212 g/mol. The van der Waals surface area contributed by atoms with E-state index in [1.807, 2.05) is 6.92 Å². The number of halogens is 1. The predicted octanol–water partition coefficient (Wildman–Crippen LogP) is 2.76. The van der Waals surface area contributed by atoms with Gasteiger partial charge in [-0.3, -0.25) is 0 Å². The van der Waals surface area contributed by atoms with E-state index in [4.69, 9.17) is 17.0 Å². The molecule has 1 aromatic carbocycles. The topological polar surface area (TPSA) is 40.8 Å². The zero-order chi connectivity index (χ0) is 10.1. The van der Waals surface area contributed by atoms with Crippen molar-refractivity contribution in [1.82, 2.24) is 9.97 Å². The van der Waals surface area contributed by atoms with Gasteiger partial charge in [0.15, 0.2) is 16.3 Å². The van der Waals surface area contributed by atoms with Crippen molar-refractivity contribution in [1.29, 1.82) is 0 Å². The second-order valence-electron chi connectivity index (χ2n) is 2.84. The molecule has 1 heterocycles. The summed E-state index contributed by atoms with van der Waals surface area (Å²) in [5.74, 6) is -0.144. The first-order chi connectivity index (χ1) is 6.70. The maximum absolute atomic E-state index is 13.3. The molecule has 0 fully saturated rings. The van der Waals surface area contributed by atoms with Gasteiger partial charge in [-0.2, -0.15) is 0 Å². The third-order valence-corrected chi connectivity index (χ3v) is 2.07.